The van der Waals surface area contributed by atoms with Gasteiger partial charge in [0, 0.05) is 36.6 Å². The lowest BCUT2D eigenvalue weighted by Gasteiger charge is -2.42. The molecule has 0 aliphatic carbocycles. The second-order valence-electron chi connectivity index (χ2n) is 13.3. The highest BCUT2D eigenvalue weighted by Crippen LogP contribution is 2.45. The Hall–Kier alpha value is -4.82. The maximum absolute atomic E-state index is 16.9. The Morgan fingerprint density at radius 3 is 2.60 bits per heavy atom. The van der Waals surface area contributed by atoms with E-state index in [1.807, 2.05) is 38.8 Å². The van der Waals surface area contributed by atoms with Crippen LogP contribution in [0.25, 0.3) is 22.2 Å². The maximum atomic E-state index is 16.9. The van der Waals surface area contributed by atoms with Crippen LogP contribution in [-0.4, -0.2) is 96.5 Å². The number of nitrogen functional groups attached to an aromatic ring is 1. The van der Waals surface area contributed by atoms with Gasteiger partial charge in [0.1, 0.15) is 35.7 Å². The van der Waals surface area contributed by atoms with Crippen molar-refractivity contribution < 1.29 is 27.1 Å². The first kappa shape index (κ1) is 37.0. The van der Waals surface area contributed by atoms with Gasteiger partial charge >= 0.3 is 18.2 Å². The molecule has 1 unspecified atom stereocenters. The molecule has 276 valence electrons. The maximum Gasteiger partial charge on any atom is 0.418 e. The summed E-state index contributed by atoms with van der Waals surface area (Å²) in [6, 6.07) is 3.20. The van der Waals surface area contributed by atoms with Crippen LogP contribution >= 0.6 is 11.6 Å². The molecule has 5 heterocycles. The van der Waals surface area contributed by atoms with Crippen molar-refractivity contribution in [2.75, 3.05) is 37.3 Å². The summed E-state index contributed by atoms with van der Waals surface area (Å²) in [5, 5.41) is 12.9. The predicted octanol–water partition coefficient (Wildman–Crippen LogP) is 6.07. The first-order valence-corrected chi connectivity index (χ1v) is 17.3. The standard InChI is InChI=1S/C34H38ClF4N11O2/c1-6-48(33(51)50-16-42-25(15-40)46-50)20-9-11-49(18(3)13-20)31-21-14-22(35)26(30-27(34(37,38)39)17(2)12-24(41)43-30)28(36)29(21)44-32(45-31)52-19(4)23-8-7-10-47(23)5/h12,14,16,18-20,23H,6-11,13H2,1-5H3,(H2,41,43)/t18-,19-,20?,23-/m0/s1. The molecule has 2 aliphatic heterocycles. The number of carbonyl (C=O) groups is 1. The molecule has 0 radical (unpaired) electrons. The molecular weight excluding hydrogens is 706 g/mol. The number of aryl methyl sites for hydroxylation is 1. The average Bonchev–Trinajstić information content (AvgIpc) is 3.74. The smallest absolute Gasteiger partial charge is 0.418 e. The van der Waals surface area contributed by atoms with Crippen LogP contribution < -0.4 is 15.4 Å². The number of nitrogens with two attached hydrogens (primary N) is 1. The number of ether oxygens (including phenoxy) is 1. The van der Waals surface area contributed by atoms with Crippen molar-refractivity contribution in [2.24, 2.45) is 0 Å². The van der Waals surface area contributed by atoms with Gasteiger partial charge in [-0.25, -0.2) is 19.2 Å². The number of halogens is 5. The average molecular weight is 744 g/mol. The normalized spacial score (nSPS) is 20.2. The van der Waals surface area contributed by atoms with E-state index in [1.165, 1.54) is 19.3 Å². The predicted molar refractivity (Wildman–Crippen MR) is 185 cm³/mol. The number of benzene rings is 1. The van der Waals surface area contributed by atoms with Crippen molar-refractivity contribution in [3.63, 3.8) is 0 Å². The molecule has 0 bridgehead atoms. The zero-order valence-corrected chi connectivity index (χ0v) is 30.0. The van der Waals surface area contributed by atoms with Crippen molar-refractivity contribution in [3.8, 4) is 23.3 Å². The van der Waals surface area contributed by atoms with E-state index in [0.29, 0.717) is 25.9 Å². The first-order chi connectivity index (χ1) is 24.6. The van der Waals surface area contributed by atoms with E-state index in [1.54, 1.807) is 4.90 Å². The quantitative estimate of drug-likeness (QED) is 0.220. The minimum Gasteiger partial charge on any atom is -0.459 e. The molecule has 0 spiro atoms. The largest absolute Gasteiger partial charge is 0.459 e. The lowest BCUT2D eigenvalue weighted by atomic mass is 9.95. The second-order valence-corrected chi connectivity index (χ2v) is 13.7. The molecule has 3 aromatic heterocycles. The minimum absolute atomic E-state index is 0.0450. The van der Waals surface area contributed by atoms with Crippen LogP contribution in [-0.2, 0) is 6.18 Å². The highest BCUT2D eigenvalue weighted by Gasteiger charge is 2.39. The summed E-state index contributed by atoms with van der Waals surface area (Å²) in [4.78, 5) is 36.0. The molecule has 13 nitrogen and oxygen atoms in total. The Morgan fingerprint density at radius 2 is 1.98 bits per heavy atom. The number of nitriles is 1. The third-order valence-electron chi connectivity index (χ3n) is 9.94. The van der Waals surface area contributed by atoms with Crippen LogP contribution in [0.2, 0.25) is 5.02 Å². The zero-order valence-electron chi connectivity index (χ0n) is 29.2. The van der Waals surface area contributed by atoms with Crippen LogP contribution in [0.15, 0.2) is 18.5 Å². The van der Waals surface area contributed by atoms with Gasteiger partial charge in [-0.15, -0.1) is 5.10 Å². The molecule has 18 heteroatoms. The topological polar surface area (TPSA) is 155 Å². The van der Waals surface area contributed by atoms with Crippen LogP contribution in [0.1, 0.15) is 63.4 Å². The summed E-state index contributed by atoms with van der Waals surface area (Å²) < 4.78 is 67.3. The fraction of sp³-hybridized carbons (Fsp3) is 0.500. The number of anilines is 2. The van der Waals surface area contributed by atoms with Crippen molar-refractivity contribution in [1.82, 2.24) is 39.5 Å². The molecule has 2 fully saturated rings. The van der Waals surface area contributed by atoms with E-state index in [2.05, 4.69) is 25.0 Å². The van der Waals surface area contributed by atoms with Gasteiger partial charge in [0.25, 0.3) is 5.82 Å². The second kappa shape index (κ2) is 14.3. The first-order valence-electron chi connectivity index (χ1n) is 16.9. The molecule has 4 atom stereocenters. The third-order valence-corrected chi connectivity index (χ3v) is 10.2. The van der Waals surface area contributed by atoms with Crippen LogP contribution in [0, 0.1) is 24.1 Å². The number of piperidine rings is 1. The molecule has 2 N–H and O–H groups in total. The van der Waals surface area contributed by atoms with E-state index >= 15 is 4.39 Å². The van der Waals surface area contributed by atoms with Crippen LogP contribution in [0.3, 0.4) is 0 Å². The fourth-order valence-corrected chi connectivity index (χ4v) is 7.77. The zero-order chi connectivity index (χ0) is 37.6. The molecular formula is C34H38ClF4N11O2. The molecule has 1 amide bonds. The van der Waals surface area contributed by atoms with Gasteiger partial charge in [0.15, 0.2) is 5.82 Å². The van der Waals surface area contributed by atoms with Gasteiger partial charge < -0.3 is 20.3 Å². The monoisotopic (exact) mass is 743 g/mol. The number of carbonyl (C=O) groups excluding carboxylic acids is 1. The summed E-state index contributed by atoms with van der Waals surface area (Å²) in [5.41, 5.74) is 2.84. The molecule has 52 heavy (non-hydrogen) atoms. The van der Waals surface area contributed by atoms with Crippen molar-refractivity contribution in [1.29, 1.82) is 5.26 Å². The number of aromatic nitrogens is 6. The lowest BCUT2D eigenvalue weighted by Crippen LogP contribution is -2.52. The SMILES string of the molecule is CCN(C(=O)n1cnc(C#N)n1)C1CCN(c2nc(O[C@@H](C)[C@@H]3CCCN3C)nc3c(F)c(-c4nc(N)cc(C)c4C(F)(F)F)c(Cl)cc23)[C@@H](C)C1. The van der Waals surface area contributed by atoms with Gasteiger partial charge in [0.05, 0.1) is 21.8 Å². The van der Waals surface area contributed by atoms with Gasteiger partial charge in [0.2, 0.25) is 0 Å². The van der Waals surface area contributed by atoms with Gasteiger partial charge in [-0.3, -0.25) is 4.90 Å². The minimum atomic E-state index is -4.89. The van der Waals surface area contributed by atoms with Crippen molar-refractivity contribution in [3.05, 3.63) is 46.3 Å². The van der Waals surface area contributed by atoms with Crippen LogP contribution in [0.4, 0.5) is 34.0 Å². The molecule has 2 saturated heterocycles. The Labute approximate surface area is 302 Å². The number of alkyl halides is 3. The molecule has 4 aromatic rings. The van der Waals surface area contributed by atoms with Gasteiger partial charge in [-0.2, -0.15) is 33.1 Å². The third kappa shape index (κ3) is 6.88. The number of hydrogen-bond acceptors (Lipinski definition) is 11. The number of amides is 1. The van der Waals surface area contributed by atoms with E-state index in [0.717, 1.165) is 30.1 Å². The fourth-order valence-electron chi connectivity index (χ4n) is 7.49. The van der Waals surface area contributed by atoms with E-state index in [4.69, 9.17) is 32.3 Å². The number of rotatable bonds is 7. The van der Waals surface area contributed by atoms with Gasteiger partial charge in [-0.05, 0) is 84.7 Å². The van der Waals surface area contributed by atoms with E-state index < -0.39 is 40.9 Å². The highest BCUT2D eigenvalue weighted by molar-refractivity contribution is 6.34. The molecule has 6 rings (SSSR count). The number of likely N-dealkylation sites (N-methyl/N-ethyl adjacent to an activating group) is 1. The van der Waals surface area contributed by atoms with E-state index in [-0.39, 0.29) is 63.1 Å². The number of nitrogens with zero attached hydrogens (tertiary/aromatic N) is 10. The number of likely N-dealkylation sites (tertiary alicyclic amines) is 1. The summed E-state index contributed by atoms with van der Waals surface area (Å²) in [5.74, 6) is -1.20. The molecule has 1 aromatic carbocycles. The summed E-state index contributed by atoms with van der Waals surface area (Å²) in [6.07, 6.45) is -1.29. The molecule has 0 saturated carbocycles. The Kier molecular flexibility index (Phi) is 10.2. The number of pyridine rings is 1. The highest BCUT2D eigenvalue weighted by atomic mass is 35.5. The summed E-state index contributed by atoms with van der Waals surface area (Å²) in [7, 11) is 1.98. The number of fused-ring (bicyclic) bond motifs is 1. The van der Waals surface area contributed by atoms with Crippen molar-refractivity contribution in [2.45, 2.75) is 83.8 Å². The summed E-state index contributed by atoms with van der Waals surface area (Å²) in [6.45, 7) is 8.46. The Bertz CT molecular complexity index is 2050. The van der Waals surface area contributed by atoms with Gasteiger partial charge in [-0.1, -0.05) is 11.6 Å². The lowest BCUT2D eigenvalue weighted by molar-refractivity contribution is -0.137. The van der Waals surface area contributed by atoms with Crippen molar-refractivity contribution >= 4 is 40.2 Å². The molecule has 2 aliphatic rings. The Balaban J connectivity index is 1.43. The summed E-state index contributed by atoms with van der Waals surface area (Å²) >= 11 is 6.66. The Morgan fingerprint density at radius 1 is 1.23 bits per heavy atom. The number of hydrogen-bond donors (Lipinski definition) is 1. The van der Waals surface area contributed by atoms with Crippen LogP contribution in [0.5, 0.6) is 6.01 Å². The van der Waals surface area contributed by atoms with E-state index in [9.17, 15) is 18.0 Å².